The number of ether oxygens (including phenoxy) is 2. The van der Waals surface area contributed by atoms with Crippen molar-refractivity contribution in [3.63, 3.8) is 0 Å². The zero-order valence-electron chi connectivity index (χ0n) is 13.3. The minimum Gasteiger partial charge on any atom is -0.495 e. The largest absolute Gasteiger partial charge is 0.495 e. The van der Waals surface area contributed by atoms with Crippen molar-refractivity contribution in [2.45, 2.75) is 11.8 Å². The van der Waals surface area contributed by atoms with Crippen LogP contribution in [0.5, 0.6) is 5.75 Å². The summed E-state index contributed by atoms with van der Waals surface area (Å²) in [5.74, 6) is -0.435. The maximum atomic E-state index is 12.7. The highest BCUT2D eigenvalue weighted by Gasteiger charge is 2.23. The molecule has 6 nitrogen and oxygen atoms in total. The predicted octanol–water partition coefficient (Wildman–Crippen LogP) is 3.35. The molecule has 0 bridgehead atoms. The van der Waals surface area contributed by atoms with E-state index in [0.29, 0.717) is 4.47 Å². The fourth-order valence-corrected chi connectivity index (χ4v) is 3.77. The van der Waals surface area contributed by atoms with Crippen LogP contribution in [0.25, 0.3) is 0 Å². The zero-order chi connectivity index (χ0) is 17.9. The number of carbonyl (C=O) groups excluding carboxylic acids is 1. The molecule has 8 heteroatoms. The maximum absolute atomic E-state index is 12.7. The van der Waals surface area contributed by atoms with E-state index in [9.17, 15) is 13.2 Å². The molecule has 24 heavy (non-hydrogen) atoms. The maximum Gasteiger partial charge on any atom is 0.340 e. The van der Waals surface area contributed by atoms with Crippen molar-refractivity contribution in [1.29, 1.82) is 0 Å². The summed E-state index contributed by atoms with van der Waals surface area (Å²) in [6.07, 6.45) is 0. The first kappa shape index (κ1) is 18.3. The molecule has 0 aromatic heterocycles. The Labute approximate surface area is 149 Å². The number of nitrogens with one attached hydrogen (secondary N) is 1. The third kappa shape index (κ3) is 3.88. The van der Waals surface area contributed by atoms with E-state index < -0.39 is 16.0 Å². The van der Waals surface area contributed by atoms with E-state index >= 15 is 0 Å². The number of hydrogen-bond donors (Lipinski definition) is 1. The fourth-order valence-electron chi connectivity index (χ4n) is 2.08. The number of sulfonamides is 1. The van der Waals surface area contributed by atoms with Crippen LogP contribution in [-0.2, 0) is 14.8 Å². The fraction of sp³-hybridized carbons (Fsp3) is 0.188. The Bertz CT molecular complexity index is 880. The van der Waals surface area contributed by atoms with Gasteiger partial charge in [-0.1, -0.05) is 22.0 Å². The standard InChI is InChI=1S/C16H16BrNO5S/c1-10-4-7-14(22-2)15(8-10)24(20,21)18-13-6-5-11(17)9-12(13)16(19)23-3/h4-9,18H,1-3H3. The van der Waals surface area contributed by atoms with Crippen LogP contribution >= 0.6 is 15.9 Å². The summed E-state index contributed by atoms with van der Waals surface area (Å²) in [7, 11) is -1.33. The first-order valence-electron chi connectivity index (χ1n) is 6.84. The molecule has 0 spiro atoms. The van der Waals surface area contributed by atoms with Crippen LogP contribution in [0.2, 0.25) is 0 Å². The molecule has 1 N–H and O–H groups in total. The number of esters is 1. The summed E-state index contributed by atoms with van der Waals surface area (Å²) in [4.78, 5) is 11.9. The Balaban J connectivity index is 2.51. The second-order valence-electron chi connectivity index (χ2n) is 4.94. The van der Waals surface area contributed by atoms with Gasteiger partial charge in [0.1, 0.15) is 10.6 Å². The molecular formula is C16H16BrNO5S. The lowest BCUT2D eigenvalue weighted by atomic mass is 10.2. The molecule has 0 heterocycles. The summed E-state index contributed by atoms with van der Waals surface area (Å²) in [5.41, 5.74) is 0.982. The van der Waals surface area contributed by atoms with Gasteiger partial charge in [0.15, 0.2) is 0 Å². The van der Waals surface area contributed by atoms with Crippen molar-refractivity contribution in [2.75, 3.05) is 18.9 Å². The summed E-state index contributed by atoms with van der Waals surface area (Å²) in [5, 5.41) is 0. The summed E-state index contributed by atoms with van der Waals surface area (Å²) in [6, 6.07) is 9.41. The highest BCUT2D eigenvalue weighted by molar-refractivity contribution is 9.10. The van der Waals surface area contributed by atoms with Crippen molar-refractivity contribution in [1.82, 2.24) is 0 Å². The van der Waals surface area contributed by atoms with Crippen LogP contribution in [0.4, 0.5) is 5.69 Å². The molecule has 0 aliphatic heterocycles. The third-order valence-electron chi connectivity index (χ3n) is 3.24. The van der Waals surface area contributed by atoms with E-state index in [1.54, 1.807) is 25.1 Å². The molecule has 0 fully saturated rings. The zero-order valence-corrected chi connectivity index (χ0v) is 15.7. The number of aryl methyl sites for hydroxylation is 1. The first-order valence-corrected chi connectivity index (χ1v) is 9.11. The van der Waals surface area contributed by atoms with Crippen molar-refractivity contribution in [2.24, 2.45) is 0 Å². The first-order chi connectivity index (χ1) is 11.3. The molecule has 0 unspecified atom stereocenters. The van der Waals surface area contributed by atoms with Crippen LogP contribution < -0.4 is 9.46 Å². The molecule has 2 aromatic rings. The van der Waals surface area contributed by atoms with E-state index in [4.69, 9.17) is 9.47 Å². The number of methoxy groups -OCH3 is 2. The normalized spacial score (nSPS) is 11.0. The average molecular weight is 414 g/mol. The van der Waals surface area contributed by atoms with Crippen molar-refractivity contribution < 1.29 is 22.7 Å². The molecule has 2 aromatic carbocycles. The van der Waals surface area contributed by atoms with Crippen molar-refractivity contribution >= 4 is 37.6 Å². The number of hydrogen-bond acceptors (Lipinski definition) is 5. The number of anilines is 1. The van der Waals surface area contributed by atoms with Crippen molar-refractivity contribution in [3.05, 3.63) is 52.0 Å². The van der Waals surface area contributed by atoms with E-state index in [-0.39, 0.29) is 21.9 Å². The van der Waals surface area contributed by atoms with Gasteiger partial charge in [-0.05, 0) is 42.8 Å². The van der Waals surface area contributed by atoms with Gasteiger partial charge in [-0.2, -0.15) is 0 Å². The van der Waals surface area contributed by atoms with Gasteiger partial charge >= 0.3 is 5.97 Å². The van der Waals surface area contributed by atoms with Gasteiger partial charge in [-0.3, -0.25) is 4.72 Å². The Kier molecular flexibility index (Phi) is 5.51. The monoisotopic (exact) mass is 413 g/mol. The van der Waals surface area contributed by atoms with E-state index in [2.05, 4.69) is 20.7 Å². The van der Waals surface area contributed by atoms with Gasteiger partial charge in [0, 0.05) is 4.47 Å². The molecule has 0 aliphatic rings. The smallest absolute Gasteiger partial charge is 0.340 e. The number of rotatable bonds is 5. The predicted molar refractivity (Wildman–Crippen MR) is 94.0 cm³/mol. The van der Waals surface area contributed by atoms with E-state index in [1.165, 1.54) is 32.4 Å². The van der Waals surface area contributed by atoms with Gasteiger partial charge in [0.2, 0.25) is 0 Å². The second-order valence-corrected chi connectivity index (χ2v) is 7.51. The lowest BCUT2D eigenvalue weighted by Gasteiger charge is -2.14. The second kappa shape index (κ2) is 7.23. The molecule has 0 saturated carbocycles. The lowest BCUT2D eigenvalue weighted by Crippen LogP contribution is -2.17. The number of carbonyl (C=O) groups is 1. The molecule has 0 radical (unpaired) electrons. The molecule has 0 amide bonds. The van der Waals surface area contributed by atoms with Crippen LogP contribution in [0.15, 0.2) is 45.8 Å². The quantitative estimate of drug-likeness (QED) is 0.759. The van der Waals surface area contributed by atoms with Crippen LogP contribution in [0.1, 0.15) is 15.9 Å². The summed E-state index contributed by atoms with van der Waals surface area (Å²) in [6.45, 7) is 1.78. The molecule has 2 rings (SSSR count). The van der Waals surface area contributed by atoms with Gasteiger partial charge in [0.25, 0.3) is 10.0 Å². The van der Waals surface area contributed by atoms with E-state index in [0.717, 1.165) is 5.56 Å². The van der Waals surface area contributed by atoms with Gasteiger partial charge in [0.05, 0.1) is 25.5 Å². The van der Waals surface area contributed by atoms with Crippen LogP contribution in [0.3, 0.4) is 0 Å². The molecule has 0 aliphatic carbocycles. The van der Waals surface area contributed by atoms with E-state index in [1.807, 2.05) is 0 Å². The summed E-state index contributed by atoms with van der Waals surface area (Å²) < 4.78 is 38.3. The Morgan fingerprint density at radius 2 is 1.83 bits per heavy atom. The third-order valence-corrected chi connectivity index (χ3v) is 5.12. The highest BCUT2D eigenvalue weighted by Crippen LogP contribution is 2.29. The highest BCUT2D eigenvalue weighted by atomic mass is 79.9. The van der Waals surface area contributed by atoms with Crippen molar-refractivity contribution in [3.8, 4) is 5.75 Å². The SMILES string of the molecule is COC(=O)c1cc(Br)ccc1NS(=O)(=O)c1cc(C)ccc1OC. The number of benzene rings is 2. The molecule has 0 atom stereocenters. The van der Waals surface area contributed by atoms with Gasteiger partial charge < -0.3 is 9.47 Å². The Morgan fingerprint density at radius 3 is 2.46 bits per heavy atom. The van der Waals surface area contributed by atoms with Gasteiger partial charge in [-0.25, -0.2) is 13.2 Å². The molecular weight excluding hydrogens is 398 g/mol. The summed E-state index contributed by atoms with van der Waals surface area (Å²) >= 11 is 3.25. The van der Waals surface area contributed by atoms with Crippen LogP contribution in [0, 0.1) is 6.92 Å². The number of halogens is 1. The minimum absolute atomic E-state index is 0.0104. The van der Waals surface area contributed by atoms with Crippen LogP contribution in [-0.4, -0.2) is 28.6 Å². The Hall–Kier alpha value is -2.06. The lowest BCUT2D eigenvalue weighted by molar-refractivity contribution is 0.0602. The molecule has 0 saturated heterocycles. The van der Waals surface area contributed by atoms with Gasteiger partial charge in [-0.15, -0.1) is 0 Å². The minimum atomic E-state index is -3.95. The topological polar surface area (TPSA) is 81.7 Å². The molecule has 128 valence electrons. The average Bonchev–Trinajstić information content (AvgIpc) is 2.55. The Morgan fingerprint density at radius 1 is 1.12 bits per heavy atom.